The van der Waals surface area contributed by atoms with Gasteiger partial charge in [0.1, 0.15) is 5.75 Å². The van der Waals surface area contributed by atoms with Crippen LogP contribution in [0.3, 0.4) is 0 Å². The third-order valence-corrected chi connectivity index (χ3v) is 6.64. The van der Waals surface area contributed by atoms with Crippen LogP contribution in [0.4, 0.5) is 5.69 Å². The molecule has 2 aliphatic heterocycles. The van der Waals surface area contributed by atoms with Gasteiger partial charge in [-0.15, -0.1) is 0 Å². The Kier molecular flexibility index (Phi) is 6.06. The van der Waals surface area contributed by atoms with E-state index in [9.17, 15) is 9.35 Å². The third-order valence-electron chi connectivity index (χ3n) is 5.88. The molecule has 2 aliphatic rings. The van der Waals surface area contributed by atoms with Crippen LogP contribution in [0.15, 0.2) is 47.1 Å². The summed E-state index contributed by atoms with van der Waals surface area (Å²) < 4.78 is 24.5. The number of pyridine rings is 1. The van der Waals surface area contributed by atoms with Gasteiger partial charge in [-0.25, -0.2) is 0 Å². The molecule has 9 heteroatoms. The fourth-order valence-electron chi connectivity index (χ4n) is 4.13. The van der Waals surface area contributed by atoms with Crippen LogP contribution in [0, 0.1) is 5.92 Å². The van der Waals surface area contributed by atoms with E-state index >= 15 is 0 Å². The minimum absolute atomic E-state index is 0.114. The molecular formula is C22H27N5O3S. The predicted molar refractivity (Wildman–Crippen MR) is 121 cm³/mol. The molecule has 1 fully saturated rings. The van der Waals surface area contributed by atoms with Crippen LogP contribution in [0.5, 0.6) is 5.75 Å². The molecule has 0 spiro atoms. The molecule has 1 aromatic carbocycles. The topological polar surface area (TPSA) is 116 Å². The van der Waals surface area contributed by atoms with E-state index in [-0.39, 0.29) is 17.7 Å². The Hall–Kier alpha value is -2.78. The Morgan fingerprint density at radius 3 is 2.90 bits per heavy atom. The SMILES string of the molecule is CC(C)(C(=O)N1CCCC(COc2cccc3c2C(N)=N[S+]([O-])N3)C1)c1ccncc1. The molecule has 0 saturated carbocycles. The van der Waals surface area contributed by atoms with E-state index in [1.165, 1.54) is 0 Å². The summed E-state index contributed by atoms with van der Waals surface area (Å²) in [6, 6.07) is 9.24. The number of rotatable bonds is 5. The summed E-state index contributed by atoms with van der Waals surface area (Å²) in [6.07, 6.45) is 5.36. The standard InChI is InChI=1S/C22H27N5O3S/c1-22(2,16-8-10-24-11-9-16)21(28)27-12-4-5-15(13-27)14-30-18-7-3-6-17-19(18)20(23)26-31(29)25-17/h3,6-11,15,25H,4-5,12-14H2,1-2H3,(H2,23,26). The van der Waals surface area contributed by atoms with Crippen molar-refractivity contribution < 1.29 is 14.1 Å². The number of benzene rings is 1. The summed E-state index contributed by atoms with van der Waals surface area (Å²) in [5, 5.41) is 0. The summed E-state index contributed by atoms with van der Waals surface area (Å²) in [5.41, 5.74) is 7.61. The molecule has 4 rings (SSSR count). The number of nitrogens with zero attached hydrogens (tertiary/aromatic N) is 3. The lowest BCUT2D eigenvalue weighted by Crippen LogP contribution is -2.48. The van der Waals surface area contributed by atoms with Crippen molar-refractivity contribution in [3.05, 3.63) is 53.9 Å². The Bertz CT molecular complexity index is 982. The number of carbonyl (C=O) groups excluding carboxylic acids is 1. The number of anilines is 1. The fraction of sp³-hybridized carbons (Fsp3) is 0.409. The van der Waals surface area contributed by atoms with Crippen LogP contribution in [-0.4, -0.2) is 45.9 Å². The van der Waals surface area contributed by atoms with Crippen molar-refractivity contribution >= 4 is 29.0 Å². The molecule has 0 radical (unpaired) electrons. The van der Waals surface area contributed by atoms with Crippen LogP contribution < -0.4 is 15.2 Å². The zero-order chi connectivity index (χ0) is 22.0. The number of hydrogen-bond acceptors (Lipinski definition) is 7. The van der Waals surface area contributed by atoms with Crippen LogP contribution in [-0.2, 0) is 21.8 Å². The van der Waals surface area contributed by atoms with Crippen LogP contribution in [0.1, 0.15) is 37.8 Å². The lowest BCUT2D eigenvalue weighted by atomic mass is 9.83. The van der Waals surface area contributed by atoms with Gasteiger partial charge in [-0.3, -0.25) is 9.78 Å². The molecule has 0 bridgehead atoms. The van der Waals surface area contributed by atoms with Crippen molar-refractivity contribution in [2.24, 2.45) is 16.0 Å². The van der Waals surface area contributed by atoms with E-state index in [0.717, 1.165) is 24.9 Å². The minimum Gasteiger partial charge on any atom is -0.566 e. The smallest absolute Gasteiger partial charge is 0.232 e. The molecule has 1 aromatic heterocycles. The number of nitrogens with two attached hydrogens (primary N) is 1. The number of carbonyl (C=O) groups is 1. The van der Waals surface area contributed by atoms with Gasteiger partial charge in [0, 0.05) is 31.4 Å². The Morgan fingerprint density at radius 2 is 2.13 bits per heavy atom. The van der Waals surface area contributed by atoms with E-state index in [4.69, 9.17) is 10.5 Å². The first-order chi connectivity index (χ1) is 14.9. The van der Waals surface area contributed by atoms with Gasteiger partial charge in [0.2, 0.25) is 17.5 Å². The molecule has 2 unspecified atom stereocenters. The second-order valence-corrected chi connectivity index (χ2v) is 9.32. The summed E-state index contributed by atoms with van der Waals surface area (Å²) in [6.45, 7) is 5.78. The van der Waals surface area contributed by atoms with Gasteiger partial charge in [0.25, 0.3) is 0 Å². The number of likely N-dealkylation sites (tertiary alicyclic amines) is 1. The summed E-state index contributed by atoms with van der Waals surface area (Å²) in [5.74, 6) is 1.12. The first-order valence-electron chi connectivity index (χ1n) is 10.3. The Balaban J connectivity index is 1.43. The van der Waals surface area contributed by atoms with Crippen molar-refractivity contribution in [1.29, 1.82) is 0 Å². The highest BCUT2D eigenvalue weighted by atomic mass is 32.2. The number of amidine groups is 1. The molecule has 3 N–H and O–H groups in total. The van der Waals surface area contributed by atoms with Gasteiger partial charge in [-0.2, -0.15) is 4.72 Å². The number of fused-ring (bicyclic) bond motifs is 1. The summed E-state index contributed by atoms with van der Waals surface area (Å²) >= 11 is -1.57. The maximum Gasteiger partial charge on any atom is 0.232 e. The predicted octanol–water partition coefficient (Wildman–Crippen LogP) is 2.39. The second-order valence-electron chi connectivity index (χ2n) is 8.44. The first kappa shape index (κ1) is 21.5. The van der Waals surface area contributed by atoms with Crippen LogP contribution >= 0.6 is 0 Å². The van der Waals surface area contributed by atoms with E-state index in [2.05, 4.69) is 14.1 Å². The highest BCUT2D eigenvalue weighted by Crippen LogP contribution is 2.32. The third kappa shape index (κ3) is 4.47. The second kappa shape index (κ2) is 8.76. The van der Waals surface area contributed by atoms with E-state index in [1.54, 1.807) is 18.5 Å². The normalized spacial score (nSPS) is 21.0. The average molecular weight is 442 g/mol. The first-order valence-corrected chi connectivity index (χ1v) is 11.5. The largest absolute Gasteiger partial charge is 0.566 e. The molecule has 1 amide bonds. The van der Waals surface area contributed by atoms with Gasteiger partial charge in [0.05, 0.1) is 23.3 Å². The van der Waals surface area contributed by atoms with Gasteiger partial charge in [-0.1, -0.05) is 6.07 Å². The number of hydrogen-bond donors (Lipinski definition) is 2. The number of piperidine rings is 1. The maximum absolute atomic E-state index is 13.3. The summed E-state index contributed by atoms with van der Waals surface area (Å²) in [7, 11) is 0. The molecule has 8 nitrogen and oxygen atoms in total. The molecule has 1 saturated heterocycles. The van der Waals surface area contributed by atoms with Crippen molar-refractivity contribution in [2.45, 2.75) is 32.1 Å². The highest BCUT2D eigenvalue weighted by Gasteiger charge is 2.36. The van der Waals surface area contributed by atoms with Crippen molar-refractivity contribution in [2.75, 3.05) is 24.4 Å². The van der Waals surface area contributed by atoms with Crippen molar-refractivity contribution in [3.8, 4) is 5.75 Å². The van der Waals surface area contributed by atoms with Gasteiger partial charge < -0.3 is 19.9 Å². The Labute approximate surface area is 185 Å². The zero-order valence-electron chi connectivity index (χ0n) is 17.7. The fourth-order valence-corrected chi connectivity index (χ4v) is 4.81. The number of nitrogens with one attached hydrogen (secondary N) is 1. The molecule has 164 valence electrons. The van der Waals surface area contributed by atoms with Gasteiger partial charge in [0.15, 0.2) is 5.84 Å². The Morgan fingerprint density at radius 1 is 1.35 bits per heavy atom. The average Bonchev–Trinajstić information content (AvgIpc) is 2.77. The quantitative estimate of drug-likeness (QED) is 0.688. The molecule has 2 atom stereocenters. The molecule has 31 heavy (non-hydrogen) atoms. The minimum atomic E-state index is -1.57. The lowest BCUT2D eigenvalue weighted by Gasteiger charge is -2.37. The van der Waals surface area contributed by atoms with E-state index < -0.39 is 17.0 Å². The maximum atomic E-state index is 13.3. The van der Waals surface area contributed by atoms with Crippen LogP contribution in [0.25, 0.3) is 0 Å². The van der Waals surface area contributed by atoms with Gasteiger partial charge in [-0.05, 0) is 60.9 Å². The molecule has 0 aliphatic carbocycles. The van der Waals surface area contributed by atoms with E-state index in [1.807, 2.05) is 43.0 Å². The van der Waals surface area contributed by atoms with Gasteiger partial charge >= 0.3 is 0 Å². The lowest BCUT2D eigenvalue weighted by molar-refractivity contribution is -0.138. The zero-order valence-corrected chi connectivity index (χ0v) is 18.5. The highest BCUT2D eigenvalue weighted by molar-refractivity contribution is 7.91. The monoisotopic (exact) mass is 441 g/mol. The number of aromatic nitrogens is 1. The van der Waals surface area contributed by atoms with E-state index in [0.29, 0.717) is 30.2 Å². The molecule has 2 aromatic rings. The van der Waals surface area contributed by atoms with Crippen LogP contribution in [0.2, 0.25) is 0 Å². The molecule has 3 heterocycles. The van der Waals surface area contributed by atoms with Crippen molar-refractivity contribution in [3.63, 3.8) is 0 Å². The summed E-state index contributed by atoms with van der Waals surface area (Å²) in [4.78, 5) is 19.3. The van der Waals surface area contributed by atoms with Crippen molar-refractivity contribution in [1.82, 2.24) is 9.88 Å². The number of ether oxygens (including phenoxy) is 1. The molecular weight excluding hydrogens is 414 g/mol. The number of amides is 1.